The highest BCUT2D eigenvalue weighted by Gasteiger charge is 2.28. The maximum absolute atomic E-state index is 6.35. The molecule has 1 aromatic carbocycles. The van der Waals surface area contributed by atoms with Crippen LogP contribution in [0.1, 0.15) is 29.6 Å². The minimum absolute atomic E-state index is 0.405. The standard InChI is InChI=1S/C17H17ClN4O/c1-10-19-16(15-17(20-10)23-11(2)21-15)22-8-7-12(9-22)13-5-3-4-6-14(13)18/h3-6,12H,7-9H2,1-2H3. The third kappa shape index (κ3) is 2.55. The van der Waals surface area contributed by atoms with E-state index in [4.69, 9.17) is 16.0 Å². The second kappa shape index (κ2) is 5.49. The molecular formula is C17H17ClN4O. The number of hydrogen-bond donors (Lipinski definition) is 0. The first-order valence-electron chi connectivity index (χ1n) is 7.73. The normalized spacial score (nSPS) is 18.0. The Bertz CT molecular complexity index is 876. The molecule has 6 heteroatoms. The first-order chi connectivity index (χ1) is 11.1. The molecule has 1 fully saturated rings. The summed E-state index contributed by atoms with van der Waals surface area (Å²) >= 11 is 6.35. The van der Waals surface area contributed by atoms with Gasteiger partial charge in [-0.2, -0.15) is 4.98 Å². The van der Waals surface area contributed by atoms with Crippen molar-refractivity contribution in [3.05, 3.63) is 46.6 Å². The number of aromatic nitrogens is 3. The van der Waals surface area contributed by atoms with Gasteiger partial charge in [0.15, 0.2) is 17.2 Å². The van der Waals surface area contributed by atoms with E-state index in [1.807, 2.05) is 32.0 Å². The quantitative estimate of drug-likeness (QED) is 0.714. The van der Waals surface area contributed by atoms with E-state index in [9.17, 15) is 0 Å². The van der Waals surface area contributed by atoms with Gasteiger partial charge in [0.1, 0.15) is 5.82 Å². The molecule has 3 heterocycles. The zero-order chi connectivity index (χ0) is 16.0. The fourth-order valence-corrected chi connectivity index (χ4v) is 3.54. The van der Waals surface area contributed by atoms with Crippen LogP contribution in [0.15, 0.2) is 28.7 Å². The van der Waals surface area contributed by atoms with E-state index in [0.29, 0.717) is 23.3 Å². The Kier molecular flexibility index (Phi) is 3.45. The van der Waals surface area contributed by atoms with Gasteiger partial charge in [-0.25, -0.2) is 9.97 Å². The molecule has 0 N–H and O–H groups in total. The molecule has 0 amide bonds. The number of rotatable bonds is 2. The molecule has 1 atom stereocenters. The lowest BCUT2D eigenvalue weighted by Gasteiger charge is -2.18. The molecule has 5 nitrogen and oxygen atoms in total. The molecule has 3 aromatic rings. The van der Waals surface area contributed by atoms with E-state index in [-0.39, 0.29) is 0 Å². The van der Waals surface area contributed by atoms with Gasteiger partial charge >= 0.3 is 0 Å². The molecule has 0 saturated carbocycles. The van der Waals surface area contributed by atoms with Crippen molar-refractivity contribution >= 4 is 28.6 Å². The van der Waals surface area contributed by atoms with Crippen LogP contribution in [0.2, 0.25) is 5.02 Å². The molecule has 0 spiro atoms. The van der Waals surface area contributed by atoms with Gasteiger partial charge in [-0.1, -0.05) is 29.8 Å². The number of hydrogen-bond acceptors (Lipinski definition) is 5. The maximum Gasteiger partial charge on any atom is 0.252 e. The maximum atomic E-state index is 6.35. The van der Waals surface area contributed by atoms with E-state index >= 15 is 0 Å². The number of benzene rings is 1. The summed E-state index contributed by atoms with van der Waals surface area (Å²) < 4.78 is 5.57. The van der Waals surface area contributed by atoms with Crippen LogP contribution >= 0.6 is 11.6 Å². The summed E-state index contributed by atoms with van der Waals surface area (Å²) in [6.45, 7) is 5.51. The topological polar surface area (TPSA) is 55.1 Å². The van der Waals surface area contributed by atoms with Gasteiger partial charge in [-0.15, -0.1) is 0 Å². The molecule has 1 aliphatic rings. The summed E-state index contributed by atoms with van der Waals surface area (Å²) in [5, 5.41) is 0.834. The smallest absolute Gasteiger partial charge is 0.252 e. The highest BCUT2D eigenvalue weighted by atomic mass is 35.5. The minimum Gasteiger partial charge on any atom is -0.422 e. The SMILES string of the molecule is Cc1nc(N2CCC(c3ccccc3Cl)C2)c2nc(C)oc2n1. The first-order valence-corrected chi connectivity index (χ1v) is 8.11. The summed E-state index contributed by atoms with van der Waals surface area (Å²) in [6, 6.07) is 8.07. The molecule has 118 valence electrons. The zero-order valence-corrected chi connectivity index (χ0v) is 13.8. The van der Waals surface area contributed by atoms with Crippen molar-refractivity contribution < 1.29 is 4.42 Å². The Morgan fingerprint density at radius 1 is 1.17 bits per heavy atom. The lowest BCUT2D eigenvalue weighted by atomic mass is 9.98. The van der Waals surface area contributed by atoms with Crippen LogP contribution in [-0.4, -0.2) is 28.0 Å². The van der Waals surface area contributed by atoms with Crippen LogP contribution in [0.25, 0.3) is 11.2 Å². The summed E-state index contributed by atoms with van der Waals surface area (Å²) in [5.74, 6) is 2.58. The Balaban J connectivity index is 1.69. The lowest BCUT2D eigenvalue weighted by molar-refractivity contribution is 0.550. The number of aryl methyl sites for hydroxylation is 2. The monoisotopic (exact) mass is 328 g/mol. The van der Waals surface area contributed by atoms with Crippen LogP contribution in [0.4, 0.5) is 5.82 Å². The Morgan fingerprint density at radius 2 is 2.00 bits per heavy atom. The van der Waals surface area contributed by atoms with Gasteiger partial charge in [0.25, 0.3) is 5.71 Å². The van der Waals surface area contributed by atoms with Gasteiger partial charge in [-0.3, -0.25) is 0 Å². The molecule has 1 saturated heterocycles. The van der Waals surface area contributed by atoms with Crippen LogP contribution in [0.5, 0.6) is 0 Å². The van der Waals surface area contributed by atoms with Crippen LogP contribution in [0.3, 0.4) is 0 Å². The van der Waals surface area contributed by atoms with E-state index < -0.39 is 0 Å². The number of oxazole rings is 1. The Hall–Kier alpha value is -2.14. The molecule has 4 rings (SSSR count). The predicted octanol–water partition coefficient (Wildman–Crippen LogP) is 3.88. The predicted molar refractivity (Wildman–Crippen MR) is 90.1 cm³/mol. The summed E-state index contributed by atoms with van der Waals surface area (Å²) in [4.78, 5) is 15.6. The van der Waals surface area contributed by atoms with Crippen molar-refractivity contribution in [3.63, 3.8) is 0 Å². The number of fused-ring (bicyclic) bond motifs is 1. The van der Waals surface area contributed by atoms with Crippen molar-refractivity contribution in [2.24, 2.45) is 0 Å². The van der Waals surface area contributed by atoms with Crippen molar-refractivity contribution in [3.8, 4) is 0 Å². The summed E-state index contributed by atoms with van der Waals surface area (Å²) in [5.41, 5.74) is 2.51. The van der Waals surface area contributed by atoms with E-state index in [2.05, 4.69) is 25.9 Å². The number of halogens is 1. The zero-order valence-electron chi connectivity index (χ0n) is 13.1. The largest absolute Gasteiger partial charge is 0.422 e. The molecule has 23 heavy (non-hydrogen) atoms. The van der Waals surface area contributed by atoms with Crippen LogP contribution in [0, 0.1) is 13.8 Å². The average molecular weight is 329 g/mol. The molecule has 0 radical (unpaired) electrons. The highest BCUT2D eigenvalue weighted by molar-refractivity contribution is 6.31. The average Bonchev–Trinajstić information content (AvgIpc) is 3.12. The molecule has 2 aromatic heterocycles. The van der Waals surface area contributed by atoms with Gasteiger partial charge in [0.2, 0.25) is 0 Å². The second-order valence-corrected chi connectivity index (χ2v) is 6.34. The van der Waals surface area contributed by atoms with Gasteiger partial charge in [0.05, 0.1) is 0 Å². The third-order valence-electron chi connectivity index (χ3n) is 4.29. The lowest BCUT2D eigenvalue weighted by Crippen LogP contribution is -2.21. The Labute approximate surface area is 139 Å². The van der Waals surface area contributed by atoms with Crippen molar-refractivity contribution in [1.29, 1.82) is 0 Å². The van der Waals surface area contributed by atoms with Crippen LogP contribution < -0.4 is 4.90 Å². The summed E-state index contributed by atoms with van der Waals surface area (Å²) in [7, 11) is 0. The summed E-state index contributed by atoms with van der Waals surface area (Å²) in [6.07, 6.45) is 1.05. The highest BCUT2D eigenvalue weighted by Crippen LogP contribution is 2.35. The molecule has 1 aliphatic heterocycles. The molecule has 1 unspecified atom stereocenters. The third-order valence-corrected chi connectivity index (χ3v) is 4.64. The van der Waals surface area contributed by atoms with Gasteiger partial charge in [0, 0.05) is 31.0 Å². The number of anilines is 1. The number of nitrogens with zero attached hydrogens (tertiary/aromatic N) is 4. The van der Waals surface area contributed by atoms with Gasteiger partial charge < -0.3 is 9.32 Å². The molecule has 0 bridgehead atoms. The van der Waals surface area contributed by atoms with E-state index in [0.717, 1.165) is 35.9 Å². The molecule has 0 aliphatic carbocycles. The fourth-order valence-electron chi connectivity index (χ4n) is 3.25. The van der Waals surface area contributed by atoms with Crippen molar-refractivity contribution in [2.45, 2.75) is 26.2 Å². The molecular weight excluding hydrogens is 312 g/mol. The first kappa shape index (κ1) is 14.5. The van der Waals surface area contributed by atoms with Crippen molar-refractivity contribution in [1.82, 2.24) is 15.0 Å². The Morgan fingerprint density at radius 3 is 2.83 bits per heavy atom. The van der Waals surface area contributed by atoms with E-state index in [1.165, 1.54) is 5.56 Å². The van der Waals surface area contributed by atoms with E-state index in [1.54, 1.807) is 0 Å². The minimum atomic E-state index is 0.405. The van der Waals surface area contributed by atoms with Crippen molar-refractivity contribution in [2.75, 3.05) is 18.0 Å². The van der Waals surface area contributed by atoms with Gasteiger partial charge in [-0.05, 0) is 25.0 Å². The second-order valence-electron chi connectivity index (χ2n) is 5.93. The fraction of sp³-hybridized carbons (Fsp3) is 0.353. The van der Waals surface area contributed by atoms with Crippen LogP contribution in [-0.2, 0) is 0 Å².